The molecule has 0 spiro atoms. The Kier molecular flexibility index (Phi) is 7.35. The Morgan fingerprint density at radius 2 is 2.00 bits per heavy atom. The molecule has 0 bridgehead atoms. The number of aromatic nitrogens is 1. The van der Waals surface area contributed by atoms with E-state index in [9.17, 15) is 13.2 Å². The number of benzene rings is 2. The summed E-state index contributed by atoms with van der Waals surface area (Å²) in [6.07, 6.45) is 4.51. The minimum atomic E-state index is -3.59. The van der Waals surface area contributed by atoms with Crippen molar-refractivity contribution in [3.05, 3.63) is 65.5 Å². The summed E-state index contributed by atoms with van der Waals surface area (Å²) in [5, 5.41) is 0. The molecule has 3 aromatic rings. The van der Waals surface area contributed by atoms with Crippen LogP contribution in [0.5, 0.6) is 5.75 Å². The molecule has 1 unspecified atom stereocenters. The number of carbonyl (C=O) groups is 1. The van der Waals surface area contributed by atoms with Crippen molar-refractivity contribution < 1.29 is 17.9 Å². The van der Waals surface area contributed by atoms with E-state index in [0.29, 0.717) is 30.1 Å². The van der Waals surface area contributed by atoms with Crippen LogP contribution in [0.4, 0.5) is 0 Å². The van der Waals surface area contributed by atoms with Crippen molar-refractivity contribution in [3.63, 3.8) is 0 Å². The number of carbonyl (C=O) groups excluding carboxylic acids is 1. The summed E-state index contributed by atoms with van der Waals surface area (Å²) in [4.78, 5) is 18.1. The van der Waals surface area contributed by atoms with Gasteiger partial charge in [-0.1, -0.05) is 29.9 Å². The van der Waals surface area contributed by atoms with Crippen LogP contribution in [0.1, 0.15) is 43.5 Å². The molecule has 1 fully saturated rings. The largest absolute Gasteiger partial charge is 0.492 e. The molecule has 34 heavy (non-hydrogen) atoms. The first-order valence-electron chi connectivity index (χ1n) is 11.4. The topological polar surface area (TPSA) is 81.0 Å². The zero-order valence-corrected chi connectivity index (χ0v) is 21.1. The molecule has 1 aliphatic heterocycles. The second-order valence-corrected chi connectivity index (χ2v) is 11.1. The minimum Gasteiger partial charge on any atom is -0.492 e. The first kappa shape index (κ1) is 24.4. The predicted octanol–water partition coefficient (Wildman–Crippen LogP) is 4.59. The highest BCUT2D eigenvalue weighted by Crippen LogP contribution is 2.28. The number of thiazole rings is 1. The highest BCUT2D eigenvalue weighted by Gasteiger charge is 2.30. The summed E-state index contributed by atoms with van der Waals surface area (Å²) in [6.45, 7) is 9.22. The van der Waals surface area contributed by atoms with Crippen LogP contribution in [0, 0.1) is 0 Å². The van der Waals surface area contributed by atoms with Crippen LogP contribution in [0.25, 0.3) is 10.2 Å². The molecular weight excluding hydrogens is 470 g/mol. The first-order valence-corrected chi connectivity index (χ1v) is 13.7. The van der Waals surface area contributed by atoms with E-state index in [1.807, 2.05) is 36.6 Å². The van der Waals surface area contributed by atoms with Crippen molar-refractivity contribution in [1.82, 2.24) is 8.87 Å². The van der Waals surface area contributed by atoms with Crippen LogP contribution in [0.2, 0.25) is 0 Å². The van der Waals surface area contributed by atoms with Crippen LogP contribution >= 0.6 is 11.3 Å². The number of para-hydroxylation sites is 1. The summed E-state index contributed by atoms with van der Waals surface area (Å²) >= 11 is 1.40. The standard InChI is InChI=1S/C25H29N3O4S2/c1-4-16-27-23-21(32-5-2)10-8-11-22(23)33-25(27)26-24(29)19-12-14-20(15-13-19)34(30,31)28-17-7-6-9-18(28)3/h4,8,10-15,18H,1,5-7,9,16-17H2,2-3H3. The van der Waals surface area contributed by atoms with Crippen molar-refractivity contribution in [2.45, 2.75) is 50.6 Å². The summed E-state index contributed by atoms with van der Waals surface area (Å²) < 4.78 is 36.3. The lowest BCUT2D eigenvalue weighted by Gasteiger charge is -2.32. The van der Waals surface area contributed by atoms with Gasteiger partial charge in [-0.2, -0.15) is 9.30 Å². The number of nitrogens with zero attached hydrogens (tertiary/aromatic N) is 3. The fourth-order valence-corrected chi connectivity index (χ4v) is 6.99. The lowest BCUT2D eigenvalue weighted by molar-refractivity contribution is 0.0997. The Morgan fingerprint density at radius 3 is 2.68 bits per heavy atom. The van der Waals surface area contributed by atoms with Crippen LogP contribution in [0.3, 0.4) is 0 Å². The van der Waals surface area contributed by atoms with E-state index in [1.165, 1.54) is 35.6 Å². The molecule has 0 radical (unpaired) electrons. The molecule has 0 N–H and O–H groups in total. The Labute approximate surface area is 204 Å². The molecule has 7 nitrogen and oxygen atoms in total. The molecular formula is C25H29N3O4S2. The third kappa shape index (κ3) is 4.73. The first-order chi connectivity index (χ1) is 16.4. The van der Waals surface area contributed by atoms with Gasteiger partial charge < -0.3 is 9.30 Å². The van der Waals surface area contributed by atoms with Crippen molar-refractivity contribution in [2.24, 2.45) is 4.99 Å². The maximum atomic E-state index is 13.1. The zero-order chi connectivity index (χ0) is 24.3. The van der Waals surface area contributed by atoms with Gasteiger partial charge in [0.25, 0.3) is 5.91 Å². The molecule has 1 aliphatic rings. The number of rotatable bonds is 7. The number of piperidine rings is 1. The highest BCUT2D eigenvalue weighted by atomic mass is 32.2. The Hall–Kier alpha value is -2.75. The molecule has 4 rings (SSSR count). The summed E-state index contributed by atoms with van der Waals surface area (Å²) in [7, 11) is -3.59. The van der Waals surface area contributed by atoms with Gasteiger partial charge in [-0.15, -0.1) is 6.58 Å². The second-order valence-electron chi connectivity index (χ2n) is 8.22. The third-order valence-electron chi connectivity index (χ3n) is 5.92. The molecule has 1 atom stereocenters. The molecule has 0 saturated carbocycles. The van der Waals surface area contributed by atoms with Gasteiger partial charge in [-0.3, -0.25) is 4.79 Å². The number of fused-ring (bicyclic) bond motifs is 1. The average molecular weight is 500 g/mol. The average Bonchev–Trinajstić information content (AvgIpc) is 3.17. The van der Waals surface area contributed by atoms with E-state index in [1.54, 1.807) is 10.4 Å². The quantitative estimate of drug-likeness (QED) is 0.445. The summed E-state index contributed by atoms with van der Waals surface area (Å²) in [5.74, 6) is 0.297. The van der Waals surface area contributed by atoms with Gasteiger partial charge in [0.05, 0.1) is 16.2 Å². The van der Waals surface area contributed by atoms with E-state index in [2.05, 4.69) is 11.6 Å². The molecule has 9 heteroatoms. The van der Waals surface area contributed by atoms with Crippen LogP contribution in [-0.2, 0) is 16.6 Å². The minimum absolute atomic E-state index is 0.0232. The van der Waals surface area contributed by atoms with Crippen molar-refractivity contribution in [3.8, 4) is 5.75 Å². The van der Waals surface area contributed by atoms with E-state index in [0.717, 1.165) is 35.2 Å². The Balaban J connectivity index is 1.68. The second kappa shape index (κ2) is 10.2. The SMILES string of the molecule is C=CCn1c(=NC(=O)c2ccc(S(=O)(=O)N3CCCCC3C)cc2)sc2cccc(OCC)c21. The number of allylic oxidation sites excluding steroid dienone is 1. The van der Waals surface area contributed by atoms with Crippen molar-refractivity contribution in [2.75, 3.05) is 13.2 Å². The summed E-state index contributed by atoms with van der Waals surface area (Å²) in [5.41, 5.74) is 1.20. The molecule has 2 aromatic carbocycles. The van der Waals surface area contributed by atoms with Gasteiger partial charge in [0, 0.05) is 24.7 Å². The van der Waals surface area contributed by atoms with Gasteiger partial charge in [0.2, 0.25) is 10.0 Å². The molecule has 0 aliphatic carbocycles. The van der Waals surface area contributed by atoms with Crippen molar-refractivity contribution in [1.29, 1.82) is 0 Å². The lowest BCUT2D eigenvalue weighted by Crippen LogP contribution is -2.41. The summed E-state index contributed by atoms with van der Waals surface area (Å²) in [6, 6.07) is 11.8. The molecule has 1 aromatic heterocycles. The third-order valence-corrected chi connectivity index (χ3v) is 8.99. The lowest BCUT2D eigenvalue weighted by atomic mass is 10.1. The van der Waals surface area contributed by atoms with Gasteiger partial charge in [-0.25, -0.2) is 8.42 Å². The fourth-order valence-electron chi connectivity index (χ4n) is 4.24. The van der Waals surface area contributed by atoms with Crippen molar-refractivity contribution >= 4 is 37.5 Å². The molecule has 2 heterocycles. The molecule has 1 saturated heterocycles. The van der Waals surface area contributed by atoms with E-state index < -0.39 is 15.9 Å². The molecule has 180 valence electrons. The van der Waals surface area contributed by atoms with E-state index >= 15 is 0 Å². The van der Waals surface area contributed by atoms with Crippen LogP contribution in [-0.4, -0.2) is 42.4 Å². The number of sulfonamides is 1. The molecule has 1 amide bonds. The smallest absolute Gasteiger partial charge is 0.279 e. The Bertz CT molecular complexity index is 1370. The van der Waals surface area contributed by atoms with E-state index in [4.69, 9.17) is 4.74 Å². The maximum Gasteiger partial charge on any atom is 0.279 e. The number of hydrogen-bond acceptors (Lipinski definition) is 5. The van der Waals surface area contributed by atoms with Crippen LogP contribution < -0.4 is 9.54 Å². The predicted molar refractivity (Wildman–Crippen MR) is 135 cm³/mol. The Morgan fingerprint density at radius 1 is 1.24 bits per heavy atom. The normalized spacial score (nSPS) is 17.7. The van der Waals surface area contributed by atoms with Gasteiger partial charge in [0.15, 0.2) is 4.80 Å². The number of ether oxygens (including phenoxy) is 1. The van der Waals surface area contributed by atoms with Gasteiger partial charge >= 0.3 is 0 Å². The fraction of sp³-hybridized carbons (Fsp3) is 0.360. The van der Waals surface area contributed by atoms with Crippen LogP contribution in [0.15, 0.2) is 65.0 Å². The monoisotopic (exact) mass is 499 g/mol. The highest BCUT2D eigenvalue weighted by molar-refractivity contribution is 7.89. The maximum absolute atomic E-state index is 13.1. The number of amides is 1. The van der Waals surface area contributed by atoms with Gasteiger partial charge in [0.1, 0.15) is 11.3 Å². The zero-order valence-electron chi connectivity index (χ0n) is 19.4. The van der Waals surface area contributed by atoms with E-state index in [-0.39, 0.29) is 10.9 Å². The number of hydrogen-bond donors (Lipinski definition) is 0. The van der Waals surface area contributed by atoms with Gasteiger partial charge in [-0.05, 0) is 63.1 Å².